The van der Waals surface area contributed by atoms with Crippen molar-refractivity contribution in [2.75, 3.05) is 12.3 Å². The number of anilines is 1. The molecular formula is C9H13N6O8P. The molecule has 7 N–H and O–H groups in total. The second kappa shape index (κ2) is 5.86. The summed E-state index contributed by atoms with van der Waals surface area (Å²) in [5, 5.41) is 27.2. The Morgan fingerprint density at radius 1 is 1.38 bits per heavy atom. The van der Waals surface area contributed by atoms with E-state index in [9.17, 15) is 19.6 Å². The first-order valence-corrected chi connectivity index (χ1v) is 8.03. The zero-order valence-electron chi connectivity index (χ0n) is 11.8. The molecule has 0 unspecified atom stereocenters. The van der Waals surface area contributed by atoms with Crippen LogP contribution in [0.4, 0.5) is 5.95 Å². The Morgan fingerprint density at radius 3 is 2.75 bits per heavy atom. The van der Waals surface area contributed by atoms with Crippen molar-refractivity contribution in [2.24, 2.45) is 0 Å². The van der Waals surface area contributed by atoms with Crippen molar-refractivity contribution < 1.29 is 33.8 Å². The van der Waals surface area contributed by atoms with E-state index in [0.29, 0.717) is 0 Å². The van der Waals surface area contributed by atoms with Gasteiger partial charge in [0.15, 0.2) is 17.4 Å². The molecule has 0 radical (unpaired) electrons. The van der Waals surface area contributed by atoms with Crippen LogP contribution in [0.5, 0.6) is 0 Å². The minimum atomic E-state index is -4.78. The molecule has 0 aliphatic carbocycles. The van der Waals surface area contributed by atoms with Gasteiger partial charge in [0.25, 0.3) is 5.56 Å². The van der Waals surface area contributed by atoms with Crippen LogP contribution in [0.2, 0.25) is 0 Å². The number of nitrogens with one attached hydrogen (secondary N) is 1. The Hall–Kier alpha value is -1.93. The minimum absolute atomic E-state index is 0.0935. The molecule has 2 aromatic heterocycles. The number of nitrogens with zero attached hydrogens (tertiary/aromatic N) is 4. The highest BCUT2D eigenvalue weighted by molar-refractivity contribution is 7.46. The molecule has 3 heterocycles. The molecule has 1 saturated heterocycles. The molecule has 14 nitrogen and oxygen atoms in total. The van der Waals surface area contributed by atoms with Gasteiger partial charge in [0.2, 0.25) is 5.95 Å². The van der Waals surface area contributed by atoms with E-state index in [0.717, 1.165) is 4.68 Å². The fourth-order valence-corrected chi connectivity index (χ4v) is 2.61. The number of aromatic nitrogens is 5. The molecule has 1 aliphatic rings. The first-order valence-electron chi connectivity index (χ1n) is 6.50. The quantitative estimate of drug-likeness (QED) is 0.296. The summed E-state index contributed by atoms with van der Waals surface area (Å²) in [5.41, 5.74) is 4.53. The van der Waals surface area contributed by atoms with Crippen molar-refractivity contribution in [3.8, 4) is 0 Å². The summed E-state index contributed by atoms with van der Waals surface area (Å²) < 4.78 is 21.2. The second-order valence-electron chi connectivity index (χ2n) is 4.99. The van der Waals surface area contributed by atoms with Gasteiger partial charge in [-0.1, -0.05) is 5.21 Å². The van der Waals surface area contributed by atoms with Gasteiger partial charge >= 0.3 is 7.82 Å². The highest BCUT2D eigenvalue weighted by Crippen LogP contribution is 2.38. The number of phosphoric acid groups is 1. The van der Waals surface area contributed by atoms with Crippen molar-refractivity contribution in [1.82, 2.24) is 25.0 Å². The summed E-state index contributed by atoms with van der Waals surface area (Å²) in [4.78, 5) is 35.1. The number of hydrogen-bond donors (Lipinski definition) is 6. The van der Waals surface area contributed by atoms with Gasteiger partial charge in [-0.15, -0.1) is 5.10 Å². The number of ether oxygens (including phenoxy) is 1. The van der Waals surface area contributed by atoms with E-state index in [1.807, 2.05) is 0 Å². The summed E-state index contributed by atoms with van der Waals surface area (Å²) in [6.45, 7) is -0.679. The van der Waals surface area contributed by atoms with Crippen LogP contribution in [0.15, 0.2) is 4.79 Å². The van der Waals surface area contributed by atoms with Crippen molar-refractivity contribution >= 4 is 24.9 Å². The number of aliphatic hydroxyl groups excluding tert-OH is 2. The van der Waals surface area contributed by atoms with Crippen molar-refractivity contribution in [3.63, 3.8) is 0 Å². The van der Waals surface area contributed by atoms with Crippen LogP contribution in [0.1, 0.15) is 6.23 Å². The van der Waals surface area contributed by atoms with Crippen LogP contribution >= 0.6 is 7.82 Å². The molecule has 2 aromatic rings. The number of rotatable bonds is 4. The third-order valence-electron chi connectivity index (χ3n) is 3.34. The summed E-state index contributed by atoms with van der Waals surface area (Å²) in [6, 6.07) is 0. The highest BCUT2D eigenvalue weighted by Gasteiger charge is 2.45. The Kier molecular flexibility index (Phi) is 4.13. The number of fused-ring (bicyclic) bond motifs is 1. The lowest BCUT2D eigenvalue weighted by atomic mass is 10.1. The average molecular weight is 364 g/mol. The van der Waals surface area contributed by atoms with Gasteiger partial charge in [0.05, 0.1) is 6.61 Å². The molecule has 3 rings (SSSR count). The van der Waals surface area contributed by atoms with Gasteiger partial charge in [0.1, 0.15) is 18.3 Å². The lowest BCUT2D eigenvalue weighted by Gasteiger charge is -2.14. The number of hydrogen-bond acceptors (Lipinski definition) is 10. The lowest BCUT2D eigenvalue weighted by molar-refractivity contribution is -0.0567. The van der Waals surface area contributed by atoms with Crippen LogP contribution in [-0.2, 0) is 13.8 Å². The molecule has 0 spiro atoms. The molecule has 0 saturated carbocycles. The number of nitrogen functional groups attached to an aromatic ring is 1. The molecule has 24 heavy (non-hydrogen) atoms. The maximum absolute atomic E-state index is 11.7. The Labute approximate surface area is 132 Å². The van der Waals surface area contributed by atoms with Gasteiger partial charge in [-0.2, -0.15) is 9.67 Å². The molecule has 15 heteroatoms. The van der Waals surface area contributed by atoms with Crippen molar-refractivity contribution in [1.29, 1.82) is 0 Å². The van der Waals surface area contributed by atoms with Crippen LogP contribution in [0, 0.1) is 0 Å². The summed E-state index contributed by atoms with van der Waals surface area (Å²) in [5.74, 6) is -0.217. The molecule has 0 bridgehead atoms. The van der Waals surface area contributed by atoms with Crippen LogP contribution in [-0.4, -0.2) is 69.9 Å². The van der Waals surface area contributed by atoms with Crippen LogP contribution < -0.4 is 11.3 Å². The predicted octanol–water partition coefficient (Wildman–Crippen LogP) is -3.17. The molecular weight excluding hydrogens is 351 g/mol. The maximum atomic E-state index is 11.7. The van der Waals surface area contributed by atoms with Gasteiger partial charge in [-0.05, 0) is 0 Å². The molecule has 1 aliphatic heterocycles. The smallest absolute Gasteiger partial charge is 0.387 e. The number of phosphoric ester groups is 1. The Morgan fingerprint density at radius 2 is 2.08 bits per heavy atom. The molecule has 1 fully saturated rings. The summed E-state index contributed by atoms with van der Waals surface area (Å²) in [6.07, 6.45) is -5.64. The van der Waals surface area contributed by atoms with E-state index in [1.165, 1.54) is 0 Å². The summed E-state index contributed by atoms with van der Waals surface area (Å²) in [7, 11) is -4.78. The molecule has 0 aromatic carbocycles. The zero-order chi connectivity index (χ0) is 17.6. The Bertz CT molecular complexity index is 861. The summed E-state index contributed by atoms with van der Waals surface area (Å²) >= 11 is 0. The number of aliphatic hydroxyl groups is 2. The maximum Gasteiger partial charge on any atom is 0.469 e. The van der Waals surface area contributed by atoms with E-state index < -0.39 is 44.5 Å². The van der Waals surface area contributed by atoms with E-state index in [-0.39, 0.29) is 17.1 Å². The van der Waals surface area contributed by atoms with Gasteiger partial charge < -0.3 is 30.5 Å². The fraction of sp³-hybridized carbons (Fsp3) is 0.556. The molecule has 0 amide bonds. The first kappa shape index (κ1) is 16.9. The van der Waals surface area contributed by atoms with E-state index in [1.54, 1.807) is 0 Å². The van der Waals surface area contributed by atoms with Gasteiger partial charge in [0, 0.05) is 0 Å². The zero-order valence-corrected chi connectivity index (χ0v) is 12.6. The highest BCUT2D eigenvalue weighted by atomic mass is 31.2. The second-order valence-corrected chi connectivity index (χ2v) is 6.23. The number of H-pyrrole nitrogens is 1. The lowest BCUT2D eigenvalue weighted by Crippen LogP contribution is -2.33. The minimum Gasteiger partial charge on any atom is -0.387 e. The SMILES string of the molecule is Nc1nc2c(nnn2[C@@H]2O[C@H](COP(=O)(O)O)[C@@H](O)[C@H]2O)c(=O)[nH]1. The van der Waals surface area contributed by atoms with E-state index in [2.05, 4.69) is 24.8 Å². The third-order valence-corrected chi connectivity index (χ3v) is 3.82. The van der Waals surface area contributed by atoms with Crippen LogP contribution in [0.25, 0.3) is 11.2 Å². The standard InChI is InChI=1S/C9H13N6O8P/c10-9-11-6-3(7(18)12-9)13-14-15(6)8-5(17)4(16)2(23-8)1-22-24(19,20)21/h2,4-5,8,16-17H,1H2,(H2,19,20,21)(H3,10,11,12,18)/t2-,4-,5-,8-/m1/s1. The third kappa shape index (κ3) is 3.03. The monoisotopic (exact) mass is 364 g/mol. The normalized spacial score (nSPS) is 27.8. The molecule has 132 valence electrons. The largest absolute Gasteiger partial charge is 0.469 e. The van der Waals surface area contributed by atoms with Crippen molar-refractivity contribution in [3.05, 3.63) is 10.4 Å². The topological polar surface area (TPSA) is 219 Å². The number of aromatic amines is 1. The Balaban J connectivity index is 1.90. The van der Waals surface area contributed by atoms with Crippen LogP contribution in [0.3, 0.4) is 0 Å². The van der Waals surface area contributed by atoms with Crippen molar-refractivity contribution in [2.45, 2.75) is 24.5 Å². The van der Waals surface area contributed by atoms with Gasteiger partial charge in [-0.25, -0.2) is 4.57 Å². The first-order chi connectivity index (χ1) is 11.2. The molecule has 4 atom stereocenters. The predicted molar refractivity (Wildman–Crippen MR) is 74.3 cm³/mol. The van der Waals surface area contributed by atoms with E-state index in [4.69, 9.17) is 20.3 Å². The number of nitrogens with two attached hydrogens (primary N) is 1. The van der Waals surface area contributed by atoms with Gasteiger partial charge in [-0.3, -0.25) is 14.3 Å². The average Bonchev–Trinajstić information content (AvgIpc) is 3.00. The van der Waals surface area contributed by atoms with E-state index >= 15 is 0 Å². The fourth-order valence-electron chi connectivity index (χ4n) is 2.27.